The number of hydrogen-bond acceptors (Lipinski definition) is 2. The molecule has 0 saturated carbocycles. The van der Waals surface area contributed by atoms with Crippen LogP contribution in [0.2, 0.25) is 0 Å². The molecule has 0 amide bonds. The fourth-order valence-electron chi connectivity index (χ4n) is 1.78. The zero-order chi connectivity index (χ0) is 14.7. The second-order valence-corrected chi connectivity index (χ2v) is 4.96. The molecular weight excluding hydrogens is 278 g/mol. The largest absolute Gasteiger partial charge is 0.389 e. The highest BCUT2D eigenvalue weighted by Gasteiger charge is 2.12. The molecule has 0 spiro atoms. The van der Waals surface area contributed by atoms with Gasteiger partial charge in [-0.05, 0) is 24.6 Å². The van der Waals surface area contributed by atoms with E-state index < -0.39 is 11.6 Å². The monoisotopic (exact) mass is 292 g/mol. The maximum Gasteiger partial charge on any atom is 0.150 e. The van der Waals surface area contributed by atoms with Gasteiger partial charge in [0.15, 0.2) is 0 Å². The number of nitrogens with one attached hydrogen (secondary N) is 1. The summed E-state index contributed by atoms with van der Waals surface area (Å²) in [5, 5.41) is 2.75. The first-order chi connectivity index (χ1) is 9.47. The molecule has 0 fully saturated rings. The number of hydrogen-bond donors (Lipinski definition) is 2. The minimum atomic E-state index is -0.708. The van der Waals surface area contributed by atoms with Crippen molar-refractivity contribution in [1.29, 1.82) is 0 Å². The van der Waals surface area contributed by atoms with Gasteiger partial charge in [-0.1, -0.05) is 42.0 Å². The van der Waals surface area contributed by atoms with E-state index in [1.807, 2.05) is 31.2 Å². The highest BCUT2D eigenvalue weighted by atomic mass is 32.1. The van der Waals surface area contributed by atoms with Gasteiger partial charge in [0.2, 0.25) is 0 Å². The van der Waals surface area contributed by atoms with Crippen molar-refractivity contribution < 1.29 is 8.78 Å². The van der Waals surface area contributed by atoms with Gasteiger partial charge in [0.05, 0.1) is 0 Å². The molecular formula is C15H14F2N2S. The molecule has 104 valence electrons. The number of thiocarbonyl (C=S) groups is 1. The van der Waals surface area contributed by atoms with E-state index in [9.17, 15) is 8.78 Å². The van der Waals surface area contributed by atoms with Crippen molar-refractivity contribution in [1.82, 2.24) is 0 Å². The first-order valence-electron chi connectivity index (χ1n) is 6.05. The average Bonchev–Trinajstić information content (AvgIpc) is 2.39. The van der Waals surface area contributed by atoms with Gasteiger partial charge in [0.25, 0.3) is 0 Å². The Morgan fingerprint density at radius 1 is 1.15 bits per heavy atom. The first-order valence-corrected chi connectivity index (χ1v) is 6.46. The van der Waals surface area contributed by atoms with Gasteiger partial charge >= 0.3 is 0 Å². The van der Waals surface area contributed by atoms with Gasteiger partial charge in [-0.15, -0.1) is 0 Å². The van der Waals surface area contributed by atoms with Crippen molar-refractivity contribution >= 4 is 22.9 Å². The molecule has 3 N–H and O–H groups in total. The number of rotatable bonds is 4. The van der Waals surface area contributed by atoms with Crippen molar-refractivity contribution in [2.24, 2.45) is 5.73 Å². The molecule has 2 aromatic carbocycles. The third-order valence-electron chi connectivity index (χ3n) is 2.92. The van der Waals surface area contributed by atoms with Crippen molar-refractivity contribution in [3.8, 4) is 0 Å². The van der Waals surface area contributed by atoms with Crippen LogP contribution in [0.25, 0.3) is 0 Å². The summed E-state index contributed by atoms with van der Waals surface area (Å²) in [6, 6.07) is 9.95. The molecule has 0 aliphatic rings. The minimum Gasteiger partial charge on any atom is -0.389 e. The highest BCUT2D eigenvalue weighted by molar-refractivity contribution is 7.80. The van der Waals surface area contributed by atoms with Crippen molar-refractivity contribution in [3.63, 3.8) is 0 Å². The summed E-state index contributed by atoms with van der Waals surface area (Å²) >= 11 is 4.70. The Morgan fingerprint density at radius 2 is 1.70 bits per heavy atom. The van der Waals surface area contributed by atoms with E-state index in [0.29, 0.717) is 6.54 Å². The number of anilines is 1. The van der Waals surface area contributed by atoms with Gasteiger partial charge in [0, 0.05) is 12.1 Å². The van der Waals surface area contributed by atoms with Crippen molar-refractivity contribution in [2.45, 2.75) is 13.5 Å². The smallest absolute Gasteiger partial charge is 0.150 e. The quantitative estimate of drug-likeness (QED) is 0.847. The van der Waals surface area contributed by atoms with Crippen LogP contribution in [0.4, 0.5) is 14.5 Å². The maximum absolute atomic E-state index is 13.8. The zero-order valence-electron chi connectivity index (χ0n) is 10.9. The molecule has 2 aromatic rings. The summed E-state index contributed by atoms with van der Waals surface area (Å²) in [4.78, 5) is -0.0344. The molecule has 2 rings (SSSR count). The van der Waals surface area contributed by atoms with Crippen LogP contribution in [0, 0.1) is 18.6 Å². The lowest BCUT2D eigenvalue weighted by Gasteiger charge is -2.10. The summed E-state index contributed by atoms with van der Waals surface area (Å²) in [7, 11) is 0. The lowest BCUT2D eigenvalue weighted by atomic mass is 10.1. The molecule has 0 saturated heterocycles. The molecule has 0 heterocycles. The van der Waals surface area contributed by atoms with Crippen LogP contribution in [0.5, 0.6) is 0 Å². The predicted octanol–water partition coefficient (Wildman–Crippen LogP) is 3.52. The Balaban J connectivity index is 2.17. The first kappa shape index (κ1) is 14.4. The molecule has 0 radical (unpaired) electrons. The van der Waals surface area contributed by atoms with Crippen molar-refractivity contribution in [2.75, 3.05) is 5.32 Å². The van der Waals surface area contributed by atoms with E-state index in [-0.39, 0.29) is 16.2 Å². The van der Waals surface area contributed by atoms with Crippen LogP contribution < -0.4 is 11.1 Å². The third-order valence-corrected chi connectivity index (χ3v) is 3.15. The summed E-state index contributed by atoms with van der Waals surface area (Å²) in [6.45, 7) is 2.31. The highest BCUT2D eigenvalue weighted by Crippen LogP contribution is 2.21. The van der Waals surface area contributed by atoms with Crippen LogP contribution in [0.15, 0.2) is 36.4 Å². The second kappa shape index (κ2) is 5.96. The Labute approximate surface area is 121 Å². The molecule has 5 heteroatoms. The summed E-state index contributed by atoms with van der Waals surface area (Å²) in [5.74, 6) is -1.42. The fourth-order valence-corrected chi connectivity index (χ4v) is 1.90. The van der Waals surface area contributed by atoms with Gasteiger partial charge in [-0.2, -0.15) is 0 Å². The Kier molecular flexibility index (Phi) is 4.29. The van der Waals surface area contributed by atoms with E-state index in [1.54, 1.807) is 0 Å². The van der Waals surface area contributed by atoms with E-state index in [2.05, 4.69) is 5.32 Å². The SMILES string of the molecule is Cc1ccc(CNc2c(F)cc(C(N)=S)cc2F)cc1. The van der Waals surface area contributed by atoms with E-state index >= 15 is 0 Å². The Bertz CT molecular complexity index is 616. The van der Waals surface area contributed by atoms with E-state index in [4.69, 9.17) is 18.0 Å². The van der Waals surface area contributed by atoms with Crippen LogP contribution in [-0.2, 0) is 6.54 Å². The number of benzene rings is 2. The Morgan fingerprint density at radius 3 is 2.20 bits per heavy atom. The molecule has 0 aromatic heterocycles. The normalized spacial score (nSPS) is 10.3. The third kappa shape index (κ3) is 3.30. The number of halogens is 2. The molecule has 0 bridgehead atoms. The lowest BCUT2D eigenvalue weighted by molar-refractivity contribution is 0.587. The van der Waals surface area contributed by atoms with Crippen LogP contribution in [-0.4, -0.2) is 4.99 Å². The number of aryl methyl sites for hydroxylation is 1. The van der Waals surface area contributed by atoms with E-state index in [0.717, 1.165) is 23.3 Å². The Hall–Kier alpha value is -2.01. The molecule has 2 nitrogen and oxygen atoms in total. The van der Waals surface area contributed by atoms with Gasteiger partial charge in [-0.25, -0.2) is 8.78 Å². The molecule has 20 heavy (non-hydrogen) atoms. The molecule has 0 aliphatic heterocycles. The summed E-state index contributed by atoms with van der Waals surface area (Å²) < 4.78 is 27.6. The lowest BCUT2D eigenvalue weighted by Crippen LogP contribution is -2.12. The van der Waals surface area contributed by atoms with Crippen LogP contribution in [0.1, 0.15) is 16.7 Å². The van der Waals surface area contributed by atoms with Crippen LogP contribution >= 0.6 is 12.2 Å². The van der Waals surface area contributed by atoms with Gasteiger partial charge in [-0.3, -0.25) is 0 Å². The van der Waals surface area contributed by atoms with Crippen LogP contribution in [0.3, 0.4) is 0 Å². The average molecular weight is 292 g/mol. The zero-order valence-corrected chi connectivity index (χ0v) is 11.7. The standard InChI is InChI=1S/C15H14F2N2S/c1-9-2-4-10(5-3-9)8-19-14-12(16)6-11(15(18)20)7-13(14)17/h2-7,19H,8H2,1H3,(H2,18,20). The summed E-state index contributed by atoms with van der Waals surface area (Å²) in [6.07, 6.45) is 0. The molecule has 0 atom stereocenters. The minimum absolute atomic E-state index is 0.0344. The second-order valence-electron chi connectivity index (χ2n) is 4.52. The summed E-state index contributed by atoms with van der Waals surface area (Å²) in [5.41, 5.74) is 7.43. The topological polar surface area (TPSA) is 38.0 Å². The fraction of sp³-hybridized carbons (Fsp3) is 0.133. The maximum atomic E-state index is 13.8. The predicted molar refractivity (Wildman–Crippen MR) is 80.8 cm³/mol. The molecule has 0 unspecified atom stereocenters. The number of nitrogens with two attached hydrogens (primary N) is 1. The molecule has 0 aliphatic carbocycles. The van der Waals surface area contributed by atoms with Crippen molar-refractivity contribution in [3.05, 3.63) is 64.7 Å². The van der Waals surface area contributed by atoms with E-state index in [1.165, 1.54) is 0 Å². The van der Waals surface area contributed by atoms with Gasteiger partial charge in [0.1, 0.15) is 22.3 Å². The van der Waals surface area contributed by atoms with Gasteiger partial charge < -0.3 is 11.1 Å².